The molecule has 0 aromatic heterocycles. The fourth-order valence-corrected chi connectivity index (χ4v) is 1.78. The first-order chi connectivity index (χ1) is 8.44. The minimum absolute atomic E-state index is 0.152. The van der Waals surface area contributed by atoms with Crippen molar-refractivity contribution in [2.24, 2.45) is 5.73 Å². The summed E-state index contributed by atoms with van der Waals surface area (Å²) in [5, 5.41) is 2.89. The van der Waals surface area contributed by atoms with Gasteiger partial charge in [0.25, 0.3) is 0 Å². The highest BCUT2D eigenvalue weighted by molar-refractivity contribution is 5.82. The second-order valence-electron chi connectivity index (χ2n) is 5.10. The summed E-state index contributed by atoms with van der Waals surface area (Å²) < 4.78 is 5.05. The molecule has 1 atom stereocenters. The predicted octanol–water partition coefficient (Wildman–Crippen LogP) is 1.10. The molecule has 3 N–H and O–H groups in total. The van der Waals surface area contributed by atoms with Crippen molar-refractivity contribution in [2.75, 3.05) is 13.7 Å². The monoisotopic (exact) mass is 250 g/mol. The van der Waals surface area contributed by atoms with E-state index in [1.807, 2.05) is 44.2 Å². The summed E-state index contributed by atoms with van der Waals surface area (Å²) in [6.07, 6.45) is 0.537. The molecule has 1 amide bonds. The maximum atomic E-state index is 11.9. The Hall–Kier alpha value is -1.39. The molecular formula is C14H22N2O2. The molecule has 1 rings (SSSR count). The fraction of sp³-hybridized carbons (Fsp3) is 0.500. The Morgan fingerprint density at radius 3 is 2.56 bits per heavy atom. The number of methoxy groups -OCH3 is 1. The summed E-state index contributed by atoms with van der Waals surface area (Å²) >= 11 is 0. The molecule has 1 aromatic carbocycles. The van der Waals surface area contributed by atoms with Crippen LogP contribution in [-0.4, -0.2) is 31.2 Å². The van der Waals surface area contributed by atoms with Crippen molar-refractivity contribution in [1.82, 2.24) is 5.32 Å². The van der Waals surface area contributed by atoms with Crippen LogP contribution in [0.25, 0.3) is 0 Å². The van der Waals surface area contributed by atoms with Crippen LogP contribution in [0, 0.1) is 0 Å². The zero-order valence-corrected chi connectivity index (χ0v) is 11.3. The first kappa shape index (κ1) is 14.7. The number of hydrogen-bond acceptors (Lipinski definition) is 3. The molecule has 0 aliphatic carbocycles. The maximum absolute atomic E-state index is 11.9. The number of amides is 1. The first-order valence-corrected chi connectivity index (χ1v) is 6.05. The van der Waals surface area contributed by atoms with E-state index in [-0.39, 0.29) is 5.91 Å². The molecular weight excluding hydrogens is 228 g/mol. The van der Waals surface area contributed by atoms with E-state index < -0.39 is 11.6 Å². The summed E-state index contributed by atoms with van der Waals surface area (Å²) in [6, 6.07) is 9.21. The minimum atomic E-state index is -0.538. The minimum Gasteiger partial charge on any atom is -0.382 e. The molecule has 1 aromatic rings. The van der Waals surface area contributed by atoms with Crippen LogP contribution < -0.4 is 11.1 Å². The van der Waals surface area contributed by atoms with Crippen LogP contribution in [0.2, 0.25) is 0 Å². The van der Waals surface area contributed by atoms with E-state index in [4.69, 9.17) is 10.5 Å². The van der Waals surface area contributed by atoms with Gasteiger partial charge in [0, 0.05) is 7.11 Å². The lowest BCUT2D eigenvalue weighted by atomic mass is 10.0. The summed E-state index contributed by atoms with van der Waals surface area (Å²) in [5.41, 5.74) is 6.56. The van der Waals surface area contributed by atoms with Gasteiger partial charge >= 0.3 is 0 Å². The Balaban J connectivity index is 2.52. The highest BCUT2D eigenvalue weighted by Crippen LogP contribution is 2.05. The SMILES string of the molecule is COCC(C)(C)NC(=O)C(N)Cc1ccccc1. The van der Waals surface area contributed by atoms with Gasteiger partial charge in [0.05, 0.1) is 18.2 Å². The van der Waals surface area contributed by atoms with Gasteiger partial charge in [0.2, 0.25) is 5.91 Å². The van der Waals surface area contributed by atoms with Crippen LogP contribution >= 0.6 is 0 Å². The Morgan fingerprint density at radius 2 is 2.00 bits per heavy atom. The zero-order valence-electron chi connectivity index (χ0n) is 11.3. The van der Waals surface area contributed by atoms with E-state index in [1.165, 1.54) is 0 Å². The average Bonchev–Trinajstić information content (AvgIpc) is 2.29. The third-order valence-corrected chi connectivity index (χ3v) is 2.60. The number of carbonyl (C=O) groups excluding carboxylic acids is 1. The molecule has 18 heavy (non-hydrogen) atoms. The zero-order chi connectivity index (χ0) is 13.6. The predicted molar refractivity (Wildman–Crippen MR) is 72.2 cm³/mol. The van der Waals surface area contributed by atoms with Crippen molar-refractivity contribution in [2.45, 2.75) is 31.8 Å². The number of hydrogen-bond donors (Lipinski definition) is 2. The molecule has 4 nitrogen and oxygen atoms in total. The number of nitrogens with one attached hydrogen (secondary N) is 1. The van der Waals surface area contributed by atoms with E-state index in [9.17, 15) is 4.79 Å². The van der Waals surface area contributed by atoms with Gasteiger partial charge in [-0.1, -0.05) is 30.3 Å². The van der Waals surface area contributed by atoms with Gasteiger partial charge in [-0.25, -0.2) is 0 Å². The van der Waals surface area contributed by atoms with E-state index in [2.05, 4.69) is 5.32 Å². The lowest BCUT2D eigenvalue weighted by Crippen LogP contribution is -2.53. The van der Waals surface area contributed by atoms with Crippen molar-refractivity contribution >= 4 is 5.91 Å². The van der Waals surface area contributed by atoms with Crippen molar-refractivity contribution < 1.29 is 9.53 Å². The summed E-state index contributed by atoms with van der Waals surface area (Å²) in [4.78, 5) is 11.9. The lowest BCUT2D eigenvalue weighted by Gasteiger charge is -2.27. The van der Waals surface area contributed by atoms with E-state index in [0.717, 1.165) is 5.56 Å². The van der Waals surface area contributed by atoms with Crippen molar-refractivity contribution in [1.29, 1.82) is 0 Å². The van der Waals surface area contributed by atoms with Crippen LogP contribution in [0.15, 0.2) is 30.3 Å². The highest BCUT2D eigenvalue weighted by Gasteiger charge is 2.23. The molecule has 0 saturated carbocycles. The number of benzene rings is 1. The lowest BCUT2D eigenvalue weighted by molar-refractivity contribution is -0.124. The third kappa shape index (κ3) is 4.85. The number of rotatable bonds is 6. The van der Waals surface area contributed by atoms with Gasteiger partial charge < -0.3 is 15.8 Å². The average molecular weight is 250 g/mol. The van der Waals surface area contributed by atoms with Gasteiger partial charge in [-0.2, -0.15) is 0 Å². The Morgan fingerprint density at radius 1 is 1.39 bits per heavy atom. The third-order valence-electron chi connectivity index (χ3n) is 2.60. The van der Waals surface area contributed by atoms with E-state index >= 15 is 0 Å². The Labute approximate surface area is 109 Å². The standard InChI is InChI=1S/C14H22N2O2/c1-14(2,10-18-3)16-13(17)12(15)9-11-7-5-4-6-8-11/h4-8,12H,9-10,15H2,1-3H3,(H,16,17). The molecule has 1 unspecified atom stereocenters. The van der Waals surface area contributed by atoms with Crippen LogP contribution in [0.5, 0.6) is 0 Å². The molecule has 0 spiro atoms. The smallest absolute Gasteiger partial charge is 0.237 e. The number of nitrogens with two attached hydrogens (primary N) is 1. The Kier molecular flexibility index (Phi) is 5.31. The highest BCUT2D eigenvalue weighted by atomic mass is 16.5. The summed E-state index contributed by atoms with van der Waals surface area (Å²) in [7, 11) is 1.61. The van der Waals surface area contributed by atoms with Gasteiger partial charge in [-0.05, 0) is 25.8 Å². The number of ether oxygens (including phenoxy) is 1. The molecule has 0 bridgehead atoms. The largest absolute Gasteiger partial charge is 0.382 e. The van der Waals surface area contributed by atoms with Crippen LogP contribution in [0.1, 0.15) is 19.4 Å². The second kappa shape index (κ2) is 6.52. The van der Waals surface area contributed by atoms with Gasteiger partial charge in [-0.15, -0.1) is 0 Å². The quantitative estimate of drug-likeness (QED) is 0.794. The van der Waals surface area contributed by atoms with E-state index in [0.29, 0.717) is 13.0 Å². The first-order valence-electron chi connectivity index (χ1n) is 6.05. The van der Waals surface area contributed by atoms with Crippen LogP contribution in [0.4, 0.5) is 0 Å². The molecule has 100 valence electrons. The van der Waals surface area contributed by atoms with Gasteiger partial charge in [0.1, 0.15) is 0 Å². The van der Waals surface area contributed by atoms with Crippen LogP contribution in [0.3, 0.4) is 0 Å². The summed E-state index contributed by atoms with van der Waals surface area (Å²) in [6.45, 7) is 4.27. The molecule has 0 fully saturated rings. The van der Waals surface area contributed by atoms with Gasteiger partial charge in [0.15, 0.2) is 0 Å². The Bertz CT molecular complexity index is 377. The normalized spacial score (nSPS) is 13.1. The van der Waals surface area contributed by atoms with Gasteiger partial charge in [-0.3, -0.25) is 4.79 Å². The van der Waals surface area contributed by atoms with Crippen LogP contribution in [-0.2, 0) is 16.0 Å². The molecule has 0 aliphatic heterocycles. The molecule has 0 heterocycles. The summed E-state index contributed by atoms with van der Waals surface area (Å²) in [5.74, 6) is -0.152. The second-order valence-corrected chi connectivity index (χ2v) is 5.10. The maximum Gasteiger partial charge on any atom is 0.237 e. The molecule has 4 heteroatoms. The van der Waals surface area contributed by atoms with Crippen molar-refractivity contribution in [3.8, 4) is 0 Å². The van der Waals surface area contributed by atoms with E-state index in [1.54, 1.807) is 7.11 Å². The van der Waals surface area contributed by atoms with Crippen molar-refractivity contribution in [3.05, 3.63) is 35.9 Å². The topological polar surface area (TPSA) is 64.3 Å². The van der Waals surface area contributed by atoms with Crippen molar-refractivity contribution in [3.63, 3.8) is 0 Å². The molecule has 0 saturated heterocycles. The molecule has 0 radical (unpaired) electrons. The fourth-order valence-electron chi connectivity index (χ4n) is 1.78. The molecule has 0 aliphatic rings. The number of carbonyl (C=O) groups is 1.